The Morgan fingerprint density at radius 2 is 2.06 bits per heavy atom. The molecule has 16 heavy (non-hydrogen) atoms. The van der Waals surface area contributed by atoms with Crippen LogP contribution in [0.5, 0.6) is 0 Å². The van der Waals surface area contributed by atoms with Gasteiger partial charge in [-0.2, -0.15) is 0 Å². The van der Waals surface area contributed by atoms with Crippen molar-refractivity contribution < 1.29 is 4.39 Å². The third-order valence-electron chi connectivity index (χ3n) is 2.66. The minimum absolute atomic E-state index is 0.0765. The molecule has 0 aliphatic heterocycles. The Kier molecular flexibility index (Phi) is 4.71. The van der Waals surface area contributed by atoms with Crippen LogP contribution in [0.1, 0.15) is 17.2 Å². The highest BCUT2D eigenvalue weighted by molar-refractivity contribution is 6.31. The minimum atomic E-state index is -0.206. The average Bonchev–Trinajstić information content (AvgIpc) is 2.20. The maximum atomic E-state index is 13.5. The molecule has 0 bridgehead atoms. The van der Waals surface area contributed by atoms with Gasteiger partial charge in [0, 0.05) is 17.6 Å². The highest BCUT2D eigenvalue weighted by Crippen LogP contribution is 2.28. The molecule has 0 aliphatic carbocycles. The number of rotatable bonds is 4. The molecule has 1 rings (SSSR count). The zero-order chi connectivity index (χ0) is 12.3. The third kappa shape index (κ3) is 2.94. The van der Waals surface area contributed by atoms with Gasteiger partial charge in [-0.3, -0.25) is 0 Å². The van der Waals surface area contributed by atoms with Crippen LogP contribution in [-0.2, 0) is 0 Å². The molecule has 0 aromatic heterocycles. The lowest BCUT2D eigenvalue weighted by Crippen LogP contribution is -2.29. The minimum Gasteiger partial charge on any atom is -0.318 e. The standard InChI is InChI=1S/C12H18ClFN2/c1-8-5-10(13)9(6-11(8)14)12(7-15-2)16(3)4/h5-6,12,15H,7H2,1-4H3. The summed E-state index contributed by atoms with van der Waals surface area (Å²) in [6, 6.07) is 3.28. The molecule has 1 unspecified atom stereocenters. The first-order chi connectivity index (χ1) is 7.47. The van der Waals surface area contributed by atoms with E-state index in [1.165, 1.54) is 6.07 Å². The molecule has 1 N–H and O–H groups in total. The summed E-state index contributed by atoms with van der Waals surface area (Å²) in [5, 5.41) is 3.70. The van der Waals surface area contributed by atoms with Crippen LogP contribution in [0.2, 0.25) is 5.02 Å². The molecule has 1 atom stereocenters. The van der Waals surface area contributed by atoms with E-state index in [0.29, 0.717) is 10.6 Å². The predicted octanol–water partition coefficient (Wildman–Crippen LogP) is 2.61. The van der Waals surface area contributed by atoms with E-state index in [-0.39, 0.29) is 11.9 Å². The lowest BCUT2D eigenvalue weighted by molar-refractivity contribution is 0.293. The third-order valence-corrected chi connectivity index (χ3v) is 2.99. The normalized spacial score (nSPS) is 13.2. The maximum Gasteiger partial charge on any atom is 0.126 e. The number of hydrogen-bond acceptors (Lipinski definition) is 2. The van der Waals surface area contributed by atoms with Crippen molar-refractivity contribution >= 4 is 11.6 Å². The van der Waals surface area contributed by atoms with Gasteiger partial charge in [0.1, 0.15) is 5.82 Å². The zero-order valence-electron chi connectivity index (χ0n) is 10.1. The number of nitrogens with zero attached hydrogens (tertiary/aromatic N) is 1. The van der Waals surface area contributed by atoms with Crippen LogP contribution in [0.4, 0.5) is 4.39 Å². The highest BCUT2D eigenvalue weighted by atomic mass is 35.5. The van der Waals surface area contributed by atoms with Crippen molar-refractivity contribution in [3.63, 3.8) is 0 Å². The second kappa shape index (κ2) is 5.62. The number of hydrogen-bond donors (Lipinski definition) is 1. The summed E-state index contributed by atoms with van der Waals surface area (Å²) in [4.78, 5) is 2.02. The van der Waals surface area contributed by atoms with Crippen LogP contribution in [0, 0.1) is 12.7 Å². The van der Waals surface area contributed by atoms with E-state index >= 15 is 0 Å². The van der Waals surface area contributed by atoms with Gasteiger partial charge in [0.05, 0.1) is 0 Å². The fraction of sp³-hybridized carbons (Fsp3) is 0.500. The smallest absolute Gasteiger partial charge is 0.126 e. The Morgan fingerprint density at radius 1 is 1.44 bits per heavy atom. The van der Waals surface area contributed by atoms with E-state index in [9.17, 15) is 4.39 Å². The molecular weight excluding hydrogens is 227 g/mol. The van der Waals surface area contributed by atoms with Crippen molar-refractivity contribution in [2.75, 3.05) is 27.7 Å². The lowest BCUT2D eigenvalue weighted by atomic mass is 10.0. The van der Waals surface area contributed by atoms with Crippen LogP contribution in [0.15, 0.2) is 12.1 Å². The summed E-state index contributed by atoms with van der Waals surface area (Å²) in [5.74, 6) is -0.206. The lowest BCUT2D eigenvalue weighted by Gasteiger charge is -2.25. The van der Waals surface area contributed by atoms with Crippen LogP contribution in [0.3, 0.4) is 0 Å². The largest absolute Gasteiger partial charge is 0.318 e. The van der Waals surface area contributed by atoms with Crippen molar-refractivity contribution in [2.45, 2.75) is 13.0 Å². The molecule has 1 aromatic rings. The Labute approximate surface area is 101 Å². The van der Waals surface area contributed by atoms with Gasteiger partial charge in [0.15, 0.2) is 0 Å². The molecule has 2 nitrogen and oxygen atoms in total. The van der Waals surface area contributed by atoms with Crippen molar-refractivity contribution in [2.24, 2.45) is 0 Å². The van der Waals surface area contributed by atoms with E-state index in [1.807, 2.05) is 26.0 Å². The predicted molar refractivity (Wildman–Crippen MR) is 66.5 cm³/mol. The Morgan fingerprint density at radius 3 is 2.56 bits per heavy atom. The van der Waals surface area contributed by atoms with Crippen molar-refractivity contribution in [1.82, 2.24) is 10.2 Å². The summed E-state index contributed by atoms with van der Waals surface area (Å²) >= 11 is 6.15. The molecule has 90 valence electrons. The average molecular weight is 245 g/mol. The van der Waals surface area contributed by atoms with Crippen molar-refractivity contribution in [3.8, 4) is 0 Å². The number of nitrogens with one attached hydrogen (secondary N) is 1. The van der Waals surface area contributed by atoms with Crippen molar-refractivity contribution in [1.29, 1.82) is 0 Å². The monoisotopic (exact) mass is 244 g/mol. The van der Waals surface area contributed by atoms with Crippen LogP contribution >= 0.6 is 11.6 Å². The number of aryl methyl sites for hydroxylation is 1. The summed E-state index contributed by atoms with van der Waals surface area (Å²) in [6.07, 6.45) is 0. The number of likely N-dealkylation sites (N-methyl/N-ethyl adjacent to an activating group) is 2. The molecule has 1 aromatic carbocycles. The Hall–Kier alpha value is -0.640. The summed E-state index contributed by atoms with van der Waals surface area (Å²) in [6.45, 7) is 2.45. The number of halogens is 2. The second-order valence-corrected chi connectivity index (χ2v) is 4.57. The molecule has 0 saturated carbocycles. The van der Waals surface area contributed by atoms with Gasteiger partial charge in [-0.05, 0) is 51.3 Å². The van der Waals surface area contributed by atoms with Gasteiger partial charge in [-0.1, -0.05) is 11.6 Å². The molecule has 0 radical (unpaired) electrons. The molecule has 0 heterocycles. The first-order valence-electron chi connectivity index (χ1n) is 5.24. The Balaban J connectivity index is 3.13. The topological polar surface area (TPSA) is 15.3 Å². The van der Waals surface area contributed by atoms with Crippen molar-refractivity contribution in [3.05, 3.63) is 34.1 Å². The van der Waals surface area contributed by atoms with E-state index in [1.54, 1.807) is 13.0 Å². The summed E-state index contributed by atoms with van der Waals surface area (Å²) < 4.78 is 13.5. The summed E-state index contributed by atoms with van der Waals surface area (Å²) in [5.41, 5.74) is 1.40. The quantitative estimate of drug-likeness (QED) is 0.876. The van der Waals surface area contributed by atoms with Gasteiger partial charge >= 0.3 is 0 Å². The molecule has 0 saturated heterocycles. The first kappa shape index (κ1) is 13.4. The van der Waals surface area contributed by atoms with Gasteiger partial charge < -0.3 is 10.2 Å². The molecule has 0 amide bonds. The van der Waals surface area contributed by atoms with E-state index in [0.717, 1.165) is 12.1 Å². The zero-order valence-corrected chi connectivity index (χ0v) is 10.9. The van der Waals surface area contributed by atoms with E-state index in [2.05, 4.69) is 5.32 Å². The van der Waals surface area contributed by atoms with E-state index < -0.39 is 0 Å². The second-order valence-electron chi connectivity index (χ2n) is 4.16. The van der Waals surface area contributed by atoms with Gasteiger partial charge in [-0.25, -0.2) is 4.39 Å². The van der Waals surface area contributed by atoms with Gasteiger partial charge in [0.2, 0.25) is 0 Å². The maximum absolute atomic E-state index is 13.5. The molecule has 4 heteroatoms. The van der Waals surface area contributed by atoms with Gasteiger partial charge in [-0.15, -0.1) is 0 Å². The SMILES string of the molecule is CNCC(c1cc(F)c(C)cc1Cl)N(C)C. The van der Waals surface area contributed by atoms with Crippen LogP contribution in [0.25, 0.3) is 0 Å². The first-order valence-corrected chi connectivity index (χ1v) is 5.61. The fourth-order valence-electron chi connectivity index (χ4n) is 1.68. The summed E-state index contributed by atoms with van der Waals surface area (Å²) in [7, 11) is 5.78. The molecule has 0 spiro atoms. The van der Waals surface area contributed by atoms with E-state index in [4.69, 9.17) is 11.6 Å². The van der Waals surface area contributed by atoms with Crippen LogP contribution in [-0.4, -0.2) is 32.6 Å². The Bertz CT molecular complexity index is 366. The molecule has 0 aliphatic rings. The van der Waals surface area contributed by atoms with Gasteiger partial charge in [0.25, 0.3) is 0 Å². The highest BCUT2D eigenvalue weighted by Gasteiger charge is 2.17. The number of benzene rings is 1. The fourth-order valence-corrected chi connectivity index (χ4v) is 2.03. The molecular formula is C12H18ClFN2. The van der Waals surface area contributed by atoms with Crippen LogP contribution < -0.4 is 5.32 Å². The molecule has 0 fully saturated rings.